The van der Waals surface area contributed by atoms with Crippen molar-refractivity contribution in [3.05, 3.63) is 119 Å². The molecule has 0 aliphatic rings. The summed E-state index contributed by atoms with van der Waals surface area (Å²) in [6.45, 7) is 9.20. The van der Waals surface area contributed by atoms with Gasteiger partial charge in [-0.2, -0.15) is 70.8 Å². The summed E-state index contributed by atoms with van der Waals surface area (Å²) in [5.41, 5.74) is 6.37. The van der Waals surface area contributed by atoms with Gasteiger partial charge in [-0.3, -0.25) is 0 Å². The molecule has 0 saturated carbocycles. The van der Waals surface area contributed by atoms with E-state index in [9.17, 15) is 0 Å². The van der Waals surface area contributed by atoms with Crippen molar-refractivity contribution in [1.29, 1.82) is 0 Å². The van der Waals surface area contributed by atoms with Crippen molar-refractivity contribution in [2.24, 2.45) is 0 Å². The third kappa shape index (κ3) is 7.81. The van der Waals surface area contributed by atoms with Crippen LogP contribution in [0.3, 0.4) is 0 Å². The van der Waals surface area contributed by atoms with Gasteiger partial charge in [0.05, 0.1) is 0 Å². The molecule has 0 nitrogen and oxygen atoms in total. The Kier molecular flexibility index (Phi) is 15.3. The molecule has 0 N–H and O–H groups in total. The molecule has 0 atom stereocenters. The maximum Gasteiger partial charge on any atom is 2.00 e. The van der Waals surface area contributed by atoms with Gasteiger partial charge in [-0.1, -0.05) is 58.8 Å². The Morgan fingerprint density at radius 1 is 0.613 bits per heavy atom. The van der Waals surface area contributed by atoms with Crippen molar-refractivity contribution in [2.75, 3.05) is 0 Å². The number of rotatable bonds is 6. The molecule has 0 bridgehead atoms. The molecular weight excluding hydrogens is 460 g/mol. The summed E-state index contributed by atoms with van der Waals surface area (Å²) in [5.74, 6) is 0. The van der Waals surface area contributed by atoms with Crippen LogP contribution in [0.25, 0.3) is 0 Å². The molecule has 0 fully saturated rings. The smallest absolute Gasteiger partial charge is 0.214 e. The second kappa shape index (κ2) is 16.1. The van der Waals surface area contributed by atoms with Gasteiger partial charge in [-0.05, 0) is 0 Å². The normalized spacial score (nSPS) is 9.94. The first-order chi connectivity index (χ1) is 14.2. The fourth-order valence-electron chi connectivity index (χ4n) is 4.26. The van der Waals surface area contributed by atoms with Crippen molar-refractivity contribution < 1.29 is 34.1 Å². The summed E-state index contributed by atoms with van der Waals surface area (Å²) in [6.07, 6.45) is 4.62. The zero-order valence-electron chi connectivity index (χ0n) is 19.3. The van der Waals surface area contributed by atoms with E-state index in [1.807, 2.05) is 60.7 Å². The molecule has 31 heavy (non-hydrogen) atoms. The van der Waals surface area contributed by atoms with Crippen LogP contribution in [0.1, 0.15) is 62.8 Å². The molecule has 0 unspecified atom stereocenters. The summed E-state index contributed by atoms with van der Waals surface area (Å²) >= 11 is 0. The van der Waals surface area contributed by atoms with Crippen molar-refractivity contribution >= 4 is 0 Å². The average molecular weight is 496 g/mol. The van der Waals surface area contributed by atoms with Crippen molar-refractivity contribution in [3.63, 3.8) is 0 Å². The first kappa shape index (κ1) is 29.4. The van der Waals surface area contributed by atoms with Crippen LogP contribution in [0.5, 0.6) is 0 Å². The quantitative estimate of drug-likeness (QED) is 0.187. The van der Waals surface area contributed by atoms with E-state index in [0.717, 1.165) is 12.8 Å². The summed E-state index contributed by atoms with van der Waals surface area (Å²) in [4.78, 5) is 0. The van der Waals surface area contributed by atoms with Crippen LogP contribution in [0, 0.1) is 0 Å². The Bertz CT molecular complexity index is 751. The van der Waals surface area contributed by atoms with Gasteiger partial charge in [0.25, 0.3) is 0 Å². The zero-order valence-corrected chi connectivity index (χ0v) is 21.5. The Hall–Kier alpha value is -1.56. The Labute approximate surface area is 211 Å². The van der Waals surface area contributed by atoms with E-state index in [0.29, 0.717) is 0 Å². The minimum Gasteiger partial charge on any atom is -0.214 e. The minimum atomic E-state index is 0. The predicted octanol–water partition coefficient (Wildman–Crippen LogP) is 8.16. The number of aryl methyl sites for hydroxylation is 2. The Morgan fingerprint density at radius 2 is 0.968 bits per heavy atom. The van der Waals surface area contributed by atoms with E-state index in [1.54, 1.807) is 11.1 Å². The molecule has 4 aromatic carbocycles. The molecule has 168 valence electrons. The maximum absolute atomic E-state index is 2.35. The van der Waals surface area contributed by atoms with E-state index >= 15 is 0 Å². The molecule has 0 amide bonds. The first-order valence-corrected chi connectivity index (χ1v) is 11.1. The second-order valence-corrected chi connectivity index (χ2v) is 7.35. The van der Waals surface area contributed by atoms with E-state index in [1.165, 1.54) is 24.0 Å². The molecular formula is C29H36Fe2. The van der Waals surface area contributed by atoms with E-state index < -0.39 is 0 Å². The largest absolute Gasteiger partial charge is 2.00 e. The van der Waals surface area contributed by atoms with Gasteiger partial charge in [-0.15, -0.1) is 0 Å². The summed E-state index contributed by atoms with van der Waals surface area (Å²) in [5, 5.41) is 0. The first-order valence-electron chi connectivity index (χ1n) is 11.1. The van der Waals surface area contributed by atoms with E-state index in [-0.39, 0.29) is 39.6 Å². The molecule has 2 heteroatoms. The summed E-state index contributed by atoms with van der Waals surface area (Å²) in [7, 11) is 0. The van der Waals surface area contributed by atoms with E-state index in [4.69, 9.17) is 0 Å². The SMILES string of the molecule is CCc1ccc[c-]1C(CC)(CC)[c-]1cccc1CC.[Fe+2].[Fe+2].c1cc[cH-]c1.c1cc[cH-]c1. The third-order valence-electron chi connectivity index (χ3n) is 5.92. The van der Waals surface area contributed by atoms with Crippen LogP contribution in [0.15, 0.2) is 97.1 Å². The molecule has 0 radical (unpaired) electrons. The van der Waals surface area contributed by atoms with Crippen molar-refractivity contribution in [3.8, 4) is 0 Å². The van der Waals surface area contributed by atoms with Gasteiger partial charge in [-0.25, -0.2) is 48.5 Å². The van der Waals surface area contributed by atoms with Crippen LogP contribution in [0.2, 0.25) is 0 Å². The van der Waals surface area contributed by atoms with Crippen LogP contribution >= 0.6 is 0 Å². The minimum absolute atomic E-state index is 0. The monoisotopic (exact) mass is 496 g/mol. The molecule has 0 heterocycles. The van der Waals surface area contributed by atoms with Crippen LogP contribution in [0.4, 0.5) is 0 Å². The van der Waals surface area contributed by atoms with Crippen LogP contribution in [-0.4, -0.2) is 0 Å². The van der Waals surface area contributed by atoms with Gasteiger partial charge < -0.3 is 0 Å². The molecule has 0 saturated heterocycles. The standard InChI is InChI=1S/C19H26.2C5H5.2Fe/c1-5-15-11-9-13-17(15)19(7-3,8-4)18-14-10-12-16(18)6-2;2*1-2-4-5-3-1;;/h9-14H,5-8H2,1-4H3;2*1-5H;;/q-2;2*-1;2*+2. The third-order valence-corrected chi connectivity index (χ3v) is 5.92. The summed E-state index contributed by atoms with van der Waals surface area (Å²) < 4.78 is 0. The second-order valence-electron chi connectivity index (χ2n) is 7.35. The van der Waals surface area contributed by atoms with Gasteiger partial charge in [0.1, 0.15) is 0 Å². The van der Waals surface area contributed by atoms with E-state index in [2.05, 4.69) is 64.1 Å². The average Bonchev–Trinajstić information content (AvgIpc) is 3.57. The van der Waals surface area contributed by atoms with Crippen molar-refractivity contribution in [1.82, 2.24) is 0 Å². The van der Waals surface area contributed by atoms with Crippen molar-refractivity contribution in [2.45, 2.75) is 58.8 Å². The predicted molar refractivity (Wildman–Crippen MR) is 128 cm³/mol. The van der Waals surface area contributed by atoms with Crippen LogP contribution < -0.4 is 0 Å². The fourth-order valence-corrected chi connectivity index (χ4v) is 4.26. The Morgan fingerprint density at radius 3 is 1.19 bits per heavy atom. The number of hydrogen-bond donors (Lipinski definition) is 0. The topological polar surface area (TPSA) is 0 Å². The molecule has 0 aliphatic carbocycles. The summed E-state index contributed by atoms with van der Waals surface area (Å²) in [6, 6.07) is 33.7. The molecule has 4 aromatic rings. The molecule has 4 rings (SSSR count). The Balaban J connectivity index is 0.000000615. The van der Waals surface area contributed by atoms with Gasteiger partial charge >= 0.3 is 34.1 Å². The van der Waals surface area contributed by atoms with Crippen LogP contribution in [-0.2, 0) is 52.4 Å². The van der Waals surface area contributed by atoms with Gasteiger partial charge in [0.15, 0.2) is 0 Å². The number of hydrogen-bond acceptors (Lipinski definition) is 0. The molecule has 0 spiro atoms. The molecule has 0 aliphatic heterocycles. The maximum atomic E-state index is 2.35. The van der Waals surface area contributed by atoms with Gasteiger partial charge in [0.2, 0.25) is 0 Å². The zero-order chi connectivity index (χ0) is 21.0. The van der Waals surface area contributed by atoms with Gasteiger partial charge in [0, 0.05) is 0 Å². The molecule has 0 aromatic heterocycles. The fraction of sp³-hybridized carbons (Fsp3) is 0.310.